The Morgan fingerprint density at radius 2 is 1.89 bits per heavy atom. The first kappa shape index (κ1) is 17.5. The molecule has 140 valence electrons. The van der Waals surface area contributed by atoms with Crippen molar-refractivity contribution in [1.82, 2.24) is 19.5 Å². The van der Waals surface area contributed by atoms with Crippen LogP contribution in [-0.2, 0) is 0 Å². The van der Waals surface area contributed by atoms with Crippen LogP contribution in [-0.4, -0.2) is 32.5 Å². The highest BCUT2D eigenvalue weighted by Crippen LogP contribution is 2.23. The van der Waals surface area contributed by atoms with E-state index >= 15 is 0 Å². The largest absolute Gasteiger partial charge is 0.497 e. The van der Waals surface area contributed by atoms with Gasteiger partial charge in [-0.05, 0) is 19.1 Å². The molecule has 28 heavy (non-hydrogen) atoms. The molecule has 0 spiro atoms. The molecule has 2 aromatic heterocycles. The van der Waals surface area contributed by atoms with E-state index in [0.717, 1.165) is 5.56 Å². The number of benzene rings is 2. The highest BCUT2D eigenvalue weighted by atomic mass is 16.5. The van der Waals surface area contributed by atoms with E-state index in [4.69, 9.17) is 10.5 Å². The Morgan fingerprint density at radius 3 is 2.57 bits per heavy atom. The summed E-state index contributed by atoms with van der Waals surface area (Å²) in [5.41, 5.74) is 7.80. The predicted molar refractivity (Wildman–Crippen MR) is 105 cm³/mol. The lowest BCUT2D eigenvalue weighted by Crippen LogP contribution is -2.15. The second-order valence-corrected chi connectivity index (χ2v) is 6.29. The van der Waals surface area contributed by atoms with Crippen LogP contribution < -0.4 is 16.2 Å². The highest BCUT2D eigenvalue weighted by Gasteiger charge is 2.20. The van der Waals surface area contributed by atoms with Gasteiger partial charge in [0.25, 0.3) is 5.91 Å². The quantitative estimate of drug-likeness (QED) is 0.567. The molecule has 0 unspecified atom stereocenters. The van der Waals surface area contributed by atoms with Gasteiger partial charge in [0.05, 0.1) is 12.8 Å². The average molecular weight is 375 g/mol. The van der Waals surface area contributed by atoms with Gasteiger partial charge in [0.1, 0.15) is 11.3 Å². The van der Waals surface area contributed by atoms with Gasteiger partial charge in [0.2, 0.25) is 0 Å². The van der Waals surface area contributed by atoms with Gasteiger partial charge < -0.3 is 15.5 Å². The monoisotopic (exact) mass is 375 g/mol. The number of methoxy groups -OCH3 is 1. The summed E-state index contributed by atoms with van der Waals surface area (Å²) in [6, 6.07) is 14.5. The standard InChI is InChI=1S/C20H17N5O3/c1-11-6-8-12(9-7-11)18-22-15(17(21)26)16-19(24-18)25(20(27)23-16)13-4-3-5-14(10-13)28-2/h3-10H,1-2H3,(H2,21,26)(H,23,27). The molecule has 0 aliphatic carbocycles. The normalized spacial score (nSPS) is 10.9. The van der Waals surface area contributed by atoms with E-state index in [9.17, 15) is 9.59 Å². The van der Waals surface area contributed by atoms with E-state index in [1.807, 2.05) is 31.2 Å². The van der Waals surface area contributed by atoms with Crippen molar-refractivity contribution in [2.75, 3.05) is 7.11 Å². The maximum atomic E-state index is 12.7. The van der Waals surface area contributed by atoms with Crippen LogP contribution in [0, 0.1) is 6.92 Å². The number of primary amides is 1. The molecule has 0 radical (unpaired) electrons. The summed E-state index contributed by atoms with van der Waals surface area (Å²) in [5.74, 6) is 0.137. The fourth-order valence-corrected chi connectivity index (χ4v) is 2.98. The third-order valence-corrected chi connectivity index (χ3v) is 4.39. The summed E-state index contributed by atoms with van der Waals surface area (Å²) < 4.78 is 6.60. The predicted octanol–water partition coefficient (Wildman–Crippen LogP) is 2.19. The molecular formula is C20H17N5O3. The number of ether oxygens (including phenoxy) is 1. The molecule has 8 heteroatoms. The van der Waals surface area contributed by atoms with E-state index in [1.165, 1.54) is 4.57 Å². The topological polar surface area (TPSA) is 116 Å². The Balaban J connectivity index is 2.04. The molecule has 1 amide bonds. The van der Waals surface area contributed by atoms with Gasteiger partial charge in [0, 0.05) is 11.6 Å². The molecule has 4 rings (SSSR count). The maximum absolute atomic E-state index is 12.7. The fraction of sp³-hybridized carbons (Fsp3) is 0.100. The molecule has 4 aromatic rings. The van der Waals surface area contributed by atoms with Crippen LogP contribution in [0.1, 0.15) is 16.1 Å². The highest BCUT2D eigenvalue weighted by molar-refractivity contribution is 6.02. The first-order valence-corrected chi connectivity index (χ1v) is 8.52. The zero-order chi connectivity index (χ0) is 19.8. The minimum atomic E-state index is -0.750. The van der Waals surface area contributed by atoms with E-state index in [-0.39, 0.29) is 16.9 Å². The van der Waals surface area contributed by atoms with Gasteiger partial charge in [0.15, 0.2) is 17.2 Å². The lowest BCUT2D eigenvalue weighted by molar-refractivity contribution is 0.0997. The maximum Gasteiger partial charge on any atom is 0.332 e. The third kappa shape index (κ3) is 2.90. The zero-order valence-corrected chi connectivity index (χ0v) is 15.3. The van der Waals surface area contributed by atoms with Crippen LogP contribution in [0.15, 0.2) is 53.3 Å². The van der Waals surface area contributed by atoms with Crippen molar-refractivity contribution < 1.29 is 9.53 Å². The number of hydrogen-bond donors (Lipinski definition) is 2. The van der Waals surface area contributed by atoms with E-state index in [1.54, 1.807) is 31.4 Å². The Morgan fingerprint density at radius 1 is 1.14 bits per heavy atom. The second kappa shape index (κ2) is 6.66. The van der Waals surface area contributed by atoms with Crippen LogP contribution in [0.25, 0.3) is 28.2 Å². The first-order chi connectivity index (χ1) is 13.5. The summed E-state index contributed by atoms with van der Waals surface area (Å²) in [7, 11) is 1.54. The number of carbonyl (C=O) groups is 1. The molecule has 0 bridgehead atoms. The molecule has 8 nitrogen and oxygen atoms in total. The van der Waals surface area contributed by atoms with Crippen LogP contribution in [0.4, 0.5) is 0 Å². The van der Waals surface area contributed by atoms with Crippen LogP contribution in [0.5, 0.6) is 5.75 Å². The number of hydrogen-bond acceptors (Lipinski definition) is 5. The number of nitrogens with two attached hydrogens (primary N) is 1. The van der Waals surface area contributed by atoms with Gasteiger partial charge >= 0.3 is 5.69 Å². The number of fused-ring (bicyclic) bond motifs is 1. The summed E-state index contributed by atoms with van der Waals surface area (Å²) in [4.78, 5) is 36.1. The number of aryl methyl sites for hydroxylation is 1. The van der Waals surface area contributed by atoms with Crippen LogP contribution >= 0.6 is 0 Å². The summed E-state index contributed by atoms with van der Waals surface area (Å²) in [5, 5.41) is 0. The van der Waals surface area contributed by atoms with Crippen molar-refractivity contribution in [3.8, 4) is 22.8 Å². The molecular weight excluding hydrogens is 358 g/mol. The minimum absolute atomic E-state index is 0.0423. The van der Waals surface area contributed by atoms with Crippen molar-refractivity contribution >= 4 is 17.1 Å². The second-order valence-electron chi connectivity index (χ2n) is 6.29. The van der Waals surface area contributed by atoms with E-state index in [0.29, 0.717) is 22.8 Å². The van der Waals surface area contributed by atoms with Crippen molar-refractivity contribution in [3.05, 3.63) is 70.3 Å². The summed E-state index contributed by atoms with van der Waals surface area (Å²) >= 11 is 0. The molecule has 2 heterocycles. The Labute approximate surface area is 159 Å². The van der Waals surface area contributed by atoms with Gasteiger partial charge in [-0.25, -0.2) is 19.3 Å². The molecule has 0 atom stereocenters. The smallest absolute Gasteiger partial charge is 0.332 e. The number of nitrogens with zero attached hydrogens (tertiary/aromatic N) is 3. The average Bonchev–Trinajstić information content (AvgIpc) is 3.03. The van der Waals surface area contributed by atoms with E-state index in [2.05, 4.69) is 15.0 Å². The number of H-pyrrole nitrogens is 1. The van der Waals surface area contributed by atoms with Crippen molar-refractivity contribution in [2.45, 2.75) is 6.92 Å². The number of rotatable bonds is 4. The van der Waals surface area contributed by atoms with Gasteiger partial charge in [-0.1, -0.05) is 35.9 Å². The van der Waals surface area contributed by atoms with Gasteiger partial charge in [-0.15, -0.1) is 0 Å². The number of carbonyl (C=O) groups excluding carboxylic acids is 1. The molecule has 2 aromatic carbocycles. The number of amides is 1. The molecule has 0 aliphatic heterocycles. The Kier molecular flexibility index (Phi) is 4.15. The molecule has 0 saturated carbocycles. The van der Waals surface area contributed by atoms with Crippen molar-refractivity contribution in [3.63, 3.8) is 0 Å². The molecule has 3 N–H and O–H groups in total. The summed E-state index contributed by atoms with van der Waals surface area (Å²) in [6.07, 6.45) is 0. The first-order valence-electron chi connectivity index (χ1n) is 8.52. The number of aromatic amines is 1. The van der Waals surface area contributed by atoms with Gasteiger partial charge in [-0.3, -0.25) is 4.79 Å². The lowest BCUT2D eigenvalue weighted by atomic mass is 10.1. The van der Waals surface area contributed by atoms with Crippen LogP contribution in [0.3, 0.4) is 0 Å². The Hall–Kier alpha value is -3.94. The number of aromatic nitrogens is 4. The summed E-state index contributed by atoms with van der Waals surface area (Å²) in [6.45, 7) is 1.97. The number of nitrogens with one attached hydrogen (secondary N) is 1. The Bertz CT molecular complexity index is 1260. The molecule has 0 fully saturated rings. The lowest BCUT2D eigenvalue weighted by Gasteiger charge is -2.08. The van der Waals surface area contributed by atoms with Crippen LogP contribution in [0.2, 0.25) is 0 Å². The molecule has 0 aliphatic rings. The third-order valence-electron chi connectivity index (χ3n) is 4.39. The molecule has 0 saturated heterocycles. The van der Waals surface area contributed by atoms with Crippen molar-refractivity contribution in [1.29, 1.82) is 0 Å². The SMILES string of the molecule is COc1cccc(-n2c(=O)[nH]c3c(C(N)=O)nc(-c4ccc(C)cc4)nc32)c1. The van der Waals surface area contributed by atoms with E-state index < -0.39 is 11.6 Å². The zero-order valence-electron chi connectivity index (χ0n) is 15.3. The van der Waals surface area contributed by atoms with Gasteiger partial charge in [-0.2, -0.15) is 0 Å². The van der Waals surface area contributed by atoms with Crippen molar-refractivity contribution in [2.24, 2.45) is 5.73 Å². The fourth-order valence-electron chi connectivity index (χ4n) is 2.98. The number of imidazole rings is 1. The minimum Gasteiger partial charge on any atom is -0.497 e.